The van der Waals surface area contributed by atoms with Crippen LogP contribution in [-0.2, 0) is 24.2 Å². The minimum atomic E-state index is -0.695. The molecule has 5 rings (SSSR count). The van der Waals surface area contributed by atoms with Gasteiger partial charge in [0, 0.05) is 16.6 Å². The van der Waals surface area contributed by atoms with E-state index in [1.807, 2.05) is 43.3 Å². The molecule has 0 aliphatic heterocycles. The lowest BCUT2D eigenvalue weighted by molar-refractivity contribution is -0.122. The van der Waals surface area contributed by atoms with Crippen LogP contribution in [0.2, 0.25) is 0 Å². The van der Waals surface area contributed by atoms with Crippen molar-refractivity contribution in [3.8, 4) is 11.5 Å². The van der Waals surface area contributed by atoms with Crippen molar-refractivity contribution in [2.75, 3.05) is 5.32 Å². The third-order valence-corrected chi connectivity index (χ3v) is 7.15. The smallest absolute Gasteiger partial charge is 0.265 e. The Bertz CT molecular complexity index is 1430. The minimum absolute atomic E-state index is 0.0719. The molecular weight excluding hydrogens is 462 g/mol. The van der Waals surface area contributed by atoms with Gasteiger partial charge in [-0.25, -0.2) is 4.98 Å². The molecule has 2 aromatic heterocycles. The number of carbonyl (C=O) groups is 1. The average Bonchev–Trinajstić information content (AvgIpc) is 3.23. The summed E-state index contributed by atoms with van der Waals surface area (Å²) in [6.07, 6.45) is 3.49. The average molecular weight is 490 g/mol. The summed E-state index contributed by atoms with van der Waals surface area (Å²) < 4.78 is 13.5. The molecule has 7 nitrogen and oxygen atoms in total. The number of hydrogen-bond donors (Lipinski definition) is 1. The number of amides is 1. The van der Waals surface area contributed by atoms with Crippen LogP contribution in [0.1, 0.15) is 41.6 Å². The highest BCUT2D eigenvalue weighted by Crippen LogP contribution is 2.29. The predicted molar refractivity (Wildman–Crippen MR) is 137 cm³/mol. The van der Waals surface area contributed by atoms with Crippen LogP contribution in [0.15, 0.2) is 59.4 Å². The van der Waals surface area contributed by atoms with Gasteiger partial charge in [0.2, 0.25) is 0 Å². The van der Waals surface area contributed by atoms with Gasteiger partial charge in [0.05, 0.1) is 11.4 Å². The maximum absolute atomic E-state index is 12.8. The lowest BCUT2D eigenvalue weighted by atomic mass is 10.0. The standard InChI is InChI=1S/C27H27N3O4S/c1-17-12-13-23(21(14-17)29-26(32)18(2)34-20-8-4-3-5-9-20)33-16-19-15-25(31)30-22-10-6-7-11-24(22)35-27(30)28-19/h3-5,8-9,12-15,18H,6-7,10-11,16H2,1-2H3,(H,29,32). The van der Waals surface area contributed by atoms with Crippen LogP contribution in [0.5, 0.6) is 11.5 Å². The molecule has 0 radical (unpaired) electrons. The molecule has 4 aromatic rings. The highest BCUT2D eigenvalue weighted by atomic mass is 32.1. The molecule has 0 saturated heterocycles. The van der Waals surface area contributed by atoms with Crippen LogP contribution < -0.4 is 20.3 Å². The summed E-state index contributed by atoms with van der Waals surface area (Å²) in [5.74, 6) is 0.841. The molecule has 0 spiro atoms. The van der Waals surface area contributed by atoms with E-state index >= 15 is 0 Å². The Morgan fingerprint density at radius 1 is 1.14 bits per heavy atom. The molecule has 2 aromatic carbocycles. The first kappa shape index (κ1) is 23.1. The van der Waals surface area contributed by atoms with Gasteiger partial charge in [-0.1, -0.05) is 24.3 Å². The first-order valence-corrected chi connectivity index (χ1v) is 12.6. The van der Waals surface area contributed by atoms with Crippen molar-refractivity contribution in [1.82, 2.24) is 9.38 Å². The van der Waals surface area contributed by atoms with Crippen LogP contribution >= 0.6 is 11.3 Å². The van der Waals surface area contributed by atoms with Crippen molar-refractivity contribution in [3.05, 3.63) is 86.8 Å². The molecule has 0 fully saturated rings. The van der Waals surface area contributed by atoms with Gasteiger partial charge >= 0.3 is 0 Å². The summed E-state index contributed by atoms with van der Waals surface area (Å²) in [4.78, 5) is 32.3. The number of fused-ring (bicyclic) bond motifs is 3. The number of hydrogen-bond acceptors (Lipinski definition) is 6. The van der Waals surface area contributed by atoms with Crippen molar-refractivity contribution in [2.24, 2.45) is 0 Å². The van der Waals surface area contributed by atoms with Crippen molar-refractivity contribution in [3.63, 3.8) is 0 Å². The van der Waals surface area contributed by atoms with E-state index in [-0.39, 0.29) is 18.1 Å². The van der Waals surface area contributed by atoms with E-state index in [0.29, 0.717) is 27.8 Å². The topological polar surface area (TPSA) is 81.9 Å². The third-order valence-electron chi connectivity index (χ3n) is 6.01. The van der Waals surface area contributed by atoms with E-state index in [9.17, 15) is 9.59 Å². The quantitative estimate of drug-likeness (QED) is 0.398. The highest BCUT2D eigenvalue weighted by molar-refractivity contribution is 7.17. The van der Waals surface area contributed by atoms with Crippen LogP contribution in [0.4, 0.5) is 5.69 Å². The first-order valence-electron chi connectivity index (χ1n) is 11.8. The van der Waals surface area contributed by atoms with Gasteiger partial charge < -0.3 is 14.8 Å². The number of nitrogens with one attached hydrogen (secondary N) is 1. The molecule has 1 aliphatic carbocycles. The van der Waals surface area contributed by atoms with E-state index in [1.165, 1.54) is 10.9 Å². The number of aromatic nitrogens is 2. The molecule has 35 heavy (non-hydrogen) atoms. The van der Waals surface area contributed by atoms with Gasteiger partial charge in [-0.15, -0.1) is 11.3 Å². The maximum Gasteiger partial charge on any atom is 0.265 e. The largest absolute Gasteiger partial charge is 0.485 e. The fourth-order valence-corrected chi connectivity index (χ4v) is 5.46. The molecule has 0 saturated carbocycles. The summed E-state index contributed by atoms with van der Waals surface area (Å²) in [6.45, 7) is 3.76. The van der Waals surface area contributed by atoms with Gasteiger partial charge in [0.25, 0.3) is 11.5 Å². The fraction of sp³-hybridized carbons (Fsp3) is 0.296. The minimum Gasteiger partial charge on any atom is -0.485 e. The number of thiazole rings is 1. The number of carbonyl (C=O) groups excluding carboxylic acids is 1. The summed E-state index contributed by atoms with van der Waals surface area (Å²) in [6, 6.07) is 16.3. The van der Waals surface area contributed by atoms with E-state index < -0.39 is 6.10 Å². The third kappa shape index (κ3) is 5.07. The van der Waals surface area contributed by atoms with E-state index in [2.05, 4.69) is 10.3 Å². The van der Waals surface area contributed by atoms with Crippen LogP contribution in [0.3, 0.4) is 0 Å². The van der Waals surface area contributed by atoms with Gasteiger partial charge in [-0.3, -0.25) is 14.0 Å². The normalized spacial score (nSPS) is 13.8. The van der Waals surface area contributed by atoms with Gasteiger partial charge in [0.1, 0.15) is 18.1 Å². The van der Waals surface area contributed by atoms with Crippen LogP contribution in [0, 0.1) is 6.92 Å². The maximum atomic E-state index is 12.8. The van der Waals surface area contributed by atoms with Crippen molar-refractivity contribution in [1.29, 1.82) is 0 Å². The monoisotopic (exact) mass is 489 g/mol. The van der Waals surface area contributed by atoms with Crippen molar-refractivity contribution < 1.29 is 14.3 Å². The zero-order valence-corrected chi connectivity index (χ0v) is 20.6. The molecule has 1 aliphatic rings. The molecule has 0 bridgehead atoms. The molecular formula is C27H27N3O4S. The summed E-state index contributed by atoms with van der Waals surface area (Å²) >= 11 is 1.59. The molecule has 1 N–H and O–H groups in total. The Hall–Kier alpha value is -3.65. The number of benzene rings is 2. The molecule has 180 valence electrons. The van der Waals surface area contributed by atoms with E-state index in [4.69, 9.17) is 9.47 Å². The number of rotatable bonds is 7. The predicted octanol–water partition coefficient (Wildman–Crippen LogP) is 4.93. The second-order valence-electron chi connectivity index (χ2n) is 8.73. The van der Waals surface area contributed by atoms with Gasteiger partial charge in [-0.05, 0) is 69.4 Å². The van der Waals surface area contributed by atoms with Gasteiger partial charge in [0.15, 0.2) is 11.1 Å². The van der Waals surface area contributed by atoms with E-state index in [0.717, 1.165) is 36.9 Å². The summed E-state index contributed by atoms with van der Waals surface area (Å²) in [5.41, 5.74) is 3.12. The van der Waals surface area contributed by atoms with Crippen LogP contribution in [0.25, 0.3) is 4.96 Å². The number of ether oxygens (including phenoxy) is 2. The lowest BCUT2D eigenvalue weighted by Gasteiger charge is -2.17. The zero-order chi connectivity index (χ0) is 24.4. The first-order chi connectivity index (χ1) is 17.0. The number of para-hydroxylation sites is 1. The molecule has 8 heteroatoms. The van der Waals surface area contributed by atoms with Gasteiger partial charge in [-0.2, -0.15) is 0 Å². The molecule has 1 amide bonds. The van der Waals surface area contributed by atoms with Crippen molar-refractivity contribution >= 4 is 27.9 Å². The highest BCUT2D eigenvalue weighted by Gasteiger charge is 2.20. The molecule has 2 heterocycles. The van der Waals surface area contributed by atoms with E-state index in [1.54, 1.807) is 34.8 Å². The SMILES string of the molecule is Cc1ccc(OCc2cc(=O)n3c4c(sc3n2)CCCC4)c(NC(=O)C(C)Oc2ccccc2)c1. The molecule has 1 unspecified atom stereocenters. The second kappa shape index (κ2) is 9.92. The summed E-state index contributed by atoms with van der Waals surface area (Å²) in [5, 5.41) is 2.91. The lowest BCUT2D eigenvalue weighted by Crippen LogP contribution is -2.30. The van der Waals surface area contributed by atoms with Crippen molar-refractivity contribution in [2.45, 2.75) is 52.2 Å². The summed E-state index contributed by atoms with van der Waals surface area (Å²) in [7, 11) is 0. The van der Waals surface area contributed by atoms with Crippen LogP contribution in [-0.4, -0.2) is 21.4 Å². The number of nitrogens with zero attached hydrogens (tertiary/aromatic N) is 2. The Balaban J connectivity index is 1.32. The molecule has 1 atom stereocenters. The second-order valence-corrected chi connectivity index (χ2v) is 9.80. The zero-order valence-electron chi connectivity index (χ0n) is 19.7. The Morgan fingerprint density at radius 2 is 1.94 bits per heavy atom. The Kier molecular flexibility index (Phi) is 6.55. The Labute approximate surface area is 207 Å². The fourth-order valence-electron chi connectivity index (χ4n) is 4.23. The Morgan fingerprint density at radius 3 is 2.77 bits per heavy atom. The number of anilines is 1. The number of aryl methyl sites for hydroxylation is 3.